The third-order valence-corrected chi connectivity index (χ3v) is 4.22. The van der Waals surface area contributed by atoms with Crippen LogP contribution in [0.15, 0.2) is 54.6 Å². The molecule has 0 saturated carbocycles. The summed E-state index contributed by atoms with van der Waals surface area (Å²) in [4.78, 5) is 14.7. The minimum atomic E-state index is 0.144. The first-order chi connectivity index (χ1) is 10.8. The summed E-state index contributed by atoms with van der Waals surface area (Å²) in [6.07, 6.45) is 1.87. The highest BCUT2D eigenvalue weighted by atomic mass is 16.2. The standard InChI is InChI=1S/C19H22N2O/c1-2-20-14-19(22)21(17-10-4-3-5-11-17)18-12-15-8-6-7-9-16(15)13-18/h3-11,18,20H,2,12-14H2,1H3. The molecule has 3 rings (SSSR count). The highest BCUT2D eigenvalue weighted by Crippen LogP contribution is 2.28. The molecule has 114 valence electrons. The maximum absolute atomic E-state index is 12.7. The Labute approximate surface area is 132 Å². The first kappa shape index (κ1) is 14.8. The fourth-order valence-electron chi connectivity index (χ4n) is 3.18. The maximum Gasteiger partial charge on any atom is 0.241 e. The highest BCUT2D eigenvalue weighted by molar-refractivity contribution is 5.95. The lowest BCUT2D eigenvalue weighted by molar-refractivity contribution is -0.118. The number of amides is 1. The van der Waals surface area contributed by atoms with Crippen LogP contribution in [0.2, 0.25) is 0 Å². The van der Waals surface area contributed by atoms with E-state index >= 15 is 0 Å². The summed E-state index contributed by atoms with van der Waals surface area (Å²) in [6.45, 7) is 3.21. The van der Waals surface area contributed by atoms with Gasteiger partial charge in [-0.05, 0) is 42.6 Å². The zero-order chi connectivity index (χ0) is 15.4. The van der Waals surface area contributed by atoms with Crippen LogP contribution in [0.5, 0.6) is 0 Å². The molecule has 0 radical (unpaired) electrons. The van der Waals surface area contributed by atoms with E-state index in [1.54, 1.807) is 0 Å². The van der Waals surface area contributed by atoms with Gasteiger partial charge in [0.2, 0.25) is 5.91 Å². The molecule has 0 aliphatic heterocycles. The lowest BCUT2D eigenvalue weighted by Gasteiger charge is -2.29. The fourth-order valence-corrected chi connectivity index (χ4v) is 3.18. The van der Waals surface area contributed by atoms with Crippen LogP contribution in [0.25, 0.3) is 0 Å². The number of nitrogens with one attached hydrogen (secondary N) is 1. The molecule has 0 saturated heterocycles. The van der Waals surface area contributed by atoms with E-state index < -0.39 is 0 Å². The molecule has 0 aromatic heterocycles. The van der Waals surface area contributed by atoms with Crippen molar-refractivity contribution in [2.45, 2.75) is 25.8 Å². The highest BCUT2D eigenvalue weighted by Gasteiger charge is 2.30. The Hall–Kier alpha value is -2.13. The molecule has 0 spiro atoms. The lowest BCUT2D eigenvalue weighted by atomic mass is 10.1. The van der Waals surface area contributed by atoms with E-state index in [1.165, 1.54) is 11.1 Å². The van der Waals surface area contributed by atoms with Crippen LogP contribution >= 0.6 is 0 Å². The van der Waals surface area contributed by atoms with Crippen LogP contribution in [0.3, 0.4) is 0 Å². The molecular formula is C19H22N2O. The Morgan fingerprint density at radius 1 is 1.05 bits per heavy atom. The van der Waals surface area contributed by atoms with Gasteiger partial charge in [-0.1, -0.05) is 49.4 Å². The Morgan fingerprint density at radius 3 is 2.23 bits per heavy atom. The van der Waals surface area contributed by atoms with E-state index in [0.717, 1.165) is 25.1 Å². The van der Waals surface area contributed by atoms with Crippen molar-refractivity contribution in [3.05, 3.63) is 65.7 Å². The molecule has 0 atom stereocenters. The molecule has 2 aromatic rings. The summed E-state index contributed by atoms with van der Waals surface area (Å²) in [5, 5.41) is 3.15. The lowest BCUT2D eigenvalue weighted by Crippen LogP contribution is -2.45. The first-order valence-corrected chi connectivity index (χ1v) is 7.94. The topological polar surface area (TPSA) is 32.3 Å². The Bertz CT molecular complexity index is 614. The van der Waals surface area contributed by atoms with Crippen molar-refractivity contribution in [3.63, 3.8) is 0 Å². The van der Waals surface area contributed by atoms with Gasteiger partial charge in [0.05, 0.1) is 6.54 Å². The van der Waals surface area contributed by atoms with Crippen molar-refractivity contribution in [1.29, 1.82) is 0 Å². The van der Waals surface area contributed by atoms with E-state index in [0.29, 0.717) is 6.54 Å². The van der Waals surface area contributed by atoms with E-state index in [-0.39, 0.29) is 11.9 Å². The smallest absolute Gasteiger partial charge is 0.241 e. The maximum atomic E-state index is 12.7. The van der Waals surface area contributed by atoms with E-state index in [4.69, 9.17) is 0 Å². The van der Waals surface area contributed by atoms with Crippen LogP contribution in [0.1, 0.15) is 18.1 Å². The zero-order valence-electron chi connectivity index (χ0n) is 13.0. The van der Waals surface area contributed by atoms with Crippen molar-refractivity contribution < 1.29 is 4.79 Å². The van der Waals surface area contributed by atoms with Gasteiger partial charge in [-0.25, -0.2) is 0 Å². The third-order valence-electron chi connectivity index (χ3n) is 4.22. The van der Waals surface area contributed by atoms with E-state index in [9.17, 15) is 4.79 Å². The van der Waals surface area contributed by atoms with Crippen molar-refractivity contribution in [2.75, 3.05) is 18.0 Å². The summed E-state index contributed by atoms with van der Waals surface area (Å²) >= 11 is 0. The summed E-state index contributed by atoms with van der Waals surface area (Å²) in [5.41, 5.74) is 3.72. The van der Waals surface area contributed by atoms with Crippen molar-refractivity contribution in [3.8, 4) is 0 Å². The Balaban J connectivity index is 1.85. The van der Waals surface area contributed by atoms with Crippen LogP contribution in [-0.4, -0.2) is 25.0 Å². The second kappa shape index (κ2) is 6.75. The van der Waals surface area contributed by atoms with Gasteiger partial charge in [-0.15, -0.1) is 0 Å². The molecule has 2 aromatic carbocycles. The molecule has 1 aliphatic carbocycles. The molecule has 1 N–H and O–H groups in total. The normalized spacial score (nSPS) is 13.9. The molecule has 1 amide bonds. The number of anilines is 1. The predicted molar refractivity (Wildman–Crippen MR) is 90.1 cm³/mol. The molecule has 3 heteroatoms. The van der Waals surface area contributed by atoms with Gasteiger partial charge in [-0.3, -0.25) is 4.79 Å². The molecule has 0 fully saturated rings. The van der Waals surface area contributed by atoms with E-state index in [2.05, 4.69) is 29.6 Å². The fraction of sp³-hybridized carbons (Fsp3) is 0.316. The zero-order valence-corrected chi connectivity index (χ0v) is 13.0. The number of nitrogens with zero attached hydrogens (tertiary/aromatic N) is 1. The van der Waals surface area contributed by atoms with Crippen LogP contribution in [-0.2, 0) is 17.6 Å². The largest absolute Gasteiger partial charge is 0.309 e. The summed E-state index contributed by atoms with van der Waals surface area (Å²) in [5.74, 6) is 0.144. The number of carbonyl (C=O) groups excluding carboxylic acids is 1. The molecular weight excluding hydrogens is 272 g/mol. The van der Waals surface area contributed by atoms with Gasteiger partial charge >= 0.3 is 0 Å². The second-order valence-electron chi connectivity index (χ2n) is 5.71. The SMILES string of the molecule is CCNCC(=O)N(c1ccccc1)C1Cc2ccccc2C1. The molecule has 22 heavy (non-hydrogen) atoms. The van der Waals surface area contributed by atoms with Gasteiger partial charge in [0.25, 0.3) is 0 Å². The van der Waals surface area contributed by atoms with Gasteiger partial charge in [0.1, 0.15) is 0 Å². The van der Waals surface area contributed by atoms with Gasteiger partial charge < -0.3 is 10.2 Å². The predicted octanol–water partition coefficient (Wildman–Crippen LogP) is 2.80. The van der Waals surface area contributed by atoms with Crippen molar-refractivity contribution >= 4 is 11.6 Å². The Kier molecular flexibility index (Phi) is 4.54. The van der Waals surface area contributed by atoms with Gasteiger partial charge in [0.15, 0.2) is 0 Å². The number of hydrogen-bond donors (Lipinski definition) is 1. The van der Waals surface area contributed by atoms with Crippen molar-refractivity contribution in [2.24, 2.45) is 0 Å². The number of para-hydroxylation sites is 1. The number of fused-ring (bicyclic) bond motifs is 1. The van der Waals surface area contributed by atoms with Crippen molar-refractivity contribution in [1.82, 2.24) is 5.32 Å². The molecule has 3 nitrogen and oxygen atoms in total. The molecule has 0 unspecified atom stereocenters. The molecule has 0 heterocycles. The third kappa shape index (κ3) is 3.04. The minimum Gasteiger partial charge on any atom is -0.309 e. The average Bonchev–Trinajstić information content (AvgIpc) is 2.97. The Morgan fingerprint density at radius 2 is 1.64 bits per heavy atom. The van der Waals surface area contributed by atoms with E-state index in [1.807, 2.05) is 42.2 Å². The number of benzene rings is 2. The monoisotopic (exact) mass is 294 g/mol. The van der Waals surface area contributed by atoms with Crippen LogP contribution in [0, 0.1) is 0 Å². The minimum absolute atomic E-state index is 0.144. The number of rotatable bonds is 5. The quantitative estimate of drug-likeness (QED) is 0.919. The second-order valence-corrected chi connectivity index (χ2v) is 5.71. The summed E-state index contributed by atoms with van der Waals surface area (Å²) in [7, 11) is 0. The van der Waals surface area contributed by atoms with Crippen LogP contribution < -0.4 is 10.2 Å². The molecule has 1 aliphatic rings. The van der Waals surface area contributed by atoms with Gasteiger partial charge in [0, 0.05) is 11.7 Å². The first-order valence-electron chi connectivity index (χ1n) is 7.94. The molecule has 0 bridgehead atoms. The number of hydrogen-bond acceptors (Lipinski definition) is 2. The summed E-state index contributed by atoms with van der Waals surface area (Å²) < 4.78 is 0. The number of carbonyl (C=O) groups is 1. The number of likely N-dealkylation sites (N-methyl/N-ethyl adjacent to an activating group) is 1. The van der Waals surface area contributed by atoms with Crippen LogP contribution in [0.4, 0.5) is 5.69 Å². The summed E-state index contributed by atoms with van der Waals surface area (Å²) in [6, 6.07) is 18.7. The van der Waals surface area contributed by atoms with Gasteiger partial charge in [-0.2, -0.15) is 0 Å². The average molecular weight is 294 g/mol.